The first-order valence-electron chi connectivity index (χ1n) is 8.00. The second-order valence-electron chi connectivity index (χ2n) is 7.30. The lowest BCUT2D eigenvalue weighted by atomic mass is 9.85. The first-order chi connectivity index (χ1) is 8.53. The van der Waals surface area contributed by atoms with Gasteiger partial charge in [-0.25, -0.2) is 0 Å². The predicted octanol–water partition coefficient (Wildman–Crippen LogP) is 3.28. The first kappa shape index (κ1) is 14.3. The molecule has 0 amide bonds. The Morgan fingerprint density at radius 2 is 2.06 bits per heavy atom. The highest BCUT2D eigenvalue weighted by Crippen LogP contribution is 2.41. The maximum atomic E-state index is 3.73. The standard InChI is InChI=1S/C16H32N2/c1-5-14-8-10-18(12-13(2)11-17-14)15-7-6-9-16(15,3)4/h13-15,17H,5-12H2,1-4H3. The van der Waals surface area contributed by atoms with Crippen molar-refractivity contribution in [3.63, 3.8) is 0 Å². The zero-order valence-corrected chi connectivity index (χ0v) is 12.8. The molecular formula is C16H32N2. The molecule has 2 heteroatoms. The smallest absolute Gasteiger partial charge is 0.0146 e. The van der Waals surface area contributed by atoms with Crippen molar-refractivity contribution in [2.45, 2.75) is 71.9 Å². The van der Waals surface area contributed by atoms with Crippen molar-refractivity contribution in [3.8, 4) is 0 Å². The van der Waals surface area contributed by atoms with Crippen LogP contribution >= 0.6 is 0 Å². The normalized spacial score (nSPS) is 38.3. The molecule has 1 aliphatic carbocycles. The maximum absolute atomic E-state index is 3.73. The van der Waals surface area contributed by atoms with Crippen molar-refractivity contribution in [1.82, 2.24) is 10.2 Å². The maximum Gasteiger partial charge on any atom is 0.0146 e. The van der Waals surface area contributed by atoms with Crippen LogP contribution in [0, 0.1) is 11.3 Å². The fraction of sp³-hybridized carbons (Fsp3) is 1.00. The molecule has 1 heterocycles. The van der Waals surface area contributed by atoms with Crippen LogP contribution in [0.4, 0.5) is 0 Å². The molecule has 1 aliphatic heterocycles. The monoisotopic (exact) mass is 252 g/mol. The lowest BCUT2D eigenvalue weighted by Gasteiger charge is -2.41. The van der Waals surface area contributed by atoms with E-state index in [4.69, 9.17) is 0 Å². The lowest BCUT2D eigenvalue weighted by molar-refractivity contribution is 0.0835. The highest BCUT2D eigenvalue weighted by molar-refractivity contribution is 4.93. The number of rotatable bonds is 2. The van der Waals surface area contributed by atoms with Crippen molar-refractivity contribution in [2.24, 2.45) is 11.3 Å². The Morgan fingerprint density at radius 3 is 2.67 bits per heavy atom. The summed E-state index contributed by atoms with van der Waals surface area (Å²) in [6, 6.07) is 1.57. The third-order valence-corrected chi connectivity index (χ3v) is 5.20. The average Bonchev–Trinajstić information content (AvgIpc) is 2.64. The molecule has 0 aromatic heterocycles. The van der Waals surface area contributed by atoms with Gasteiger partial charge in [-0.2, -0.15) is 0 Å². The van der Waals surface area contributed by atoms with E-state index in [-0.39, 0.29) is 0 Å². The fourth-order valence-electron chi connectivity index (χ4n) is 3.96. The van der Waals surface area contributed by atoms with Gasteiger partial charge in [-0.3, -0.25) is 4.90 Å². The van der Waals surface area contributed by atoms with Crippen molar-refractivity contribution in [2.75, 3.05) is 19.6 Å². The van der Waals surface area contributed by atoms with Crippen LogP contribution in [0.15, 0.2) is 0 Å². The fourth-order valence-corrected chi connectivity index (χ4v) is 3.96. The van der Waals surface area contributed by atoms with Crippen molar-refractivity contribution < 1.29 is 0 Å². The van der Waals surface area contributed by atoms with Gasteiger partial charge in [0.05, 0.1) is 0 Å². The van der Waals surface area contributed by atoms with Gasteiger partial charge in [-0.05, 0) is 50.1 Å². The number of nitrogens with zero attached hydrogens (tertiary/aromatic N) is 1. The summed E-state index contributed by atoms with van der Waals surface area (Å²) in [5, 5.41) is 3.73. The van der Waals surface area contributed by atoms with E-state index in [1.807, 2.05) is 0 Å². The first-order valence-corrected chi connectivity index (χ1v) is 8.00. The zero-order chi connectivity index (χ0) is 13.2. The molecule has 2 nitrogen and oxygen atoms in total. The van der Waals surface area contributed by atoms with Gasteiger partial charge in [-0.1, -0.05) is 34.1 Å². The second-order valence-corrected chi connectivity index (χ2v) is 7.30. The van der Waals surface area contributed by atoms with E-state index in [9.17, 15) is 0 Å². The third kappa shape index (κ3) is 3.27. The highest BCUT2D eigenvalue weighted by Gasteiger charge is 2.38. The second kappa shape index (κ2) is 5.92. The molecule has 18 heavy (non-hydrogen) atoms. The minimum Gasteiger partial charge on any atom is -0.314 e. The molecule has 2 aliphatic rings. The summed E-state index contributed by atoms with van der Waals surface area (Å²) in [6.07, 6.45) is 6.87. The summed E-state index contributed by atoms with van der Waals surface area (Å²) in [6.45, 7) is 13.4. The van der Waals surface area contributed by atoms with Crippen molar-refractivity contribution in [3.05, 3.63) is 0 Å². The van der Waals surface area contributed by atoms with E-state index in [0.717, 1.165) is 18.0 Å². The van der Waals surface area contributed by atoms with Gasteiger partial charge in [0.25, 0.3) is 0 Å². The molecule has 3 unspecified atom stereocenters. The van der Waals surface area contributed by atoms with E-state index in [2.05, 4.69) is 37.9 Å². The number of hydrogen-bond donors (Lipinski definition) is 1. The zero-order valence-electron chi connectivity index (χ0n) is 12.8. The lowest BCUT2D eigenvalue weighted by Crippen LogP contribution is -2.49. The molecule has 2 rings (SSSR count). The molecule has 1 saturated carbocycles. The molecule has 3 atom stereocenters. The third-order valence-electron chi connectivity index (χ3n) is 5.20. The minimum atomic E-state index is 0.536. The van der Waals surface area contributed by atoms with Crippen LogP contribution in [0.5, 0.6) is 0 Å². The molecule has 1 saturated heterocycles. The topological polar surface area (TPSA) is 15.3 Å². The Kier molecular flexibility index (Phi) is 4.71. The van der Waals surface area contributed by atoms with E-state index in [1.54, 1.807) is 0 Å². The number of nitrogens with one attached hydrogen (secondary N) is 1. The van der Waals surface area contributed by atoms with Crippen LogP contribution in [0.2, 0.25) is 0 Å². The number of hydrogen-bond acceptors (Lipinski definition) is 2. The van der Waals surface area contributed by atoms with Crippen LogP contribution in [0.25, 0.3) is 0 Å². The largest absolute Gasteiger partial charge is 0.314 e. The van der Waals surface area contributed by atoms with Crippen LogP contribution in [-0.4, -0.2) is 36.6 Å². The quantitative estimate of drug-likeness (QED) is 0.811. The van der Waals surface area contributed by atoms with Gasteiger partial charge in [0.2, 0.25) is 0 Å². The Balaban J connectivity index is 2.01. The average molecular weight is 252 g/mol. The molecule has 106 valence electrons. The van der Waals surface area contributed by atoms with Crippen molar-refractivity contribution in [1.29, 1.82) is 0 Å². The van der Waals surface area contributed by atoms with E-state index >= 15 is 0 Å². The van der Waals surface area contributed by atoms with Crippen LogP contribution in [0.1, 0.15) is 59.8 Å². The summed E-state index contributed by atoms with van der Waals surface area (Å²) in [5.74, 6) is 0.788. The van der Waals surface area contributed by atoms with Gasteiger partial charge in [0.1, 0.15) is 0 Å². The summed E-state index contributed by atoms with van der Waals surface area (Å²) >= 11 is 0. The molecule has 0 aromatic carbocycles. The summed E-state index contributed by atoms with van der Waals surface area (Å²) in [7, 11) is 0. The van der Waals surface area contributed by atoms with E-state index < -0.39 is 0 Å². The summed E-state index contributed by atoms with van der Waals surface area (Å²) in [5.41, 5.74) is 0.536. The van der Waals surface area contributed by atoms with Crippen molar-refractivity contribution >= 4 is 0 Å². The minimum absolute atomic E-state index is 0.536. The molecule has 0 spiro atoms. The Hall–Kier alpha value is -0.0800. The van der Waals surface area contributed by atoms with Gasteiger partial charge >= 0.3 is 0 Å². The van der Waals surface area contributed by atoms with Gasteiger partial charge in [0, 0.05) is 18.6 Å². The van der Waals surface area contributed by atoms with E-state index in [0.29, 0.717) is 5.41 Å². The summed E-state index contributed by atoms with van der Waals surface area (Å²) < 4.78 is 0. The molecule has 0 radical (unpaired) electrons. The molecule has 0 aromatic rings. The Labute approximate surface area is 114 Å². The van der Waals surface area contributed by atoms with Gasteiger partial charge < -0.3 is 5.32 Å². The Bertz CT molecular complexity index is 262. The van der Waals surface area contributed by atoms with Gasteiger partial charge in [-0.15, -0.1) is 0 Å². The molecular weight excluding hydrogens is 220 g/mol. The Morgan fingerprint density at radius 1 is 1.28 bits per heavy atom. The van der Waals surface area contributed by atoms with Crippen LogP contribution in [-0.2, 0) is 0 Å². The van der Waals surface area contributed by atoms with Gasteiger partial charge in [0.15, 0.2) is 0 Å². The SMILES string of the molecule is CCC1CCN(C2CCCC2(C)C)CC(C)CN1. The summed E-state index contributed by atoms with van der Waals surface area (Å²) in [4.78, 5) is 2.82. The molecule has 1 N–H and O–H groups in total. The highest BCUT2D eigenvalue weighted by atomic mass is 15.2. The van der Waals surface area contributed by atoms with Crippen LogP contribution < -0.4 is 5.32 Å². The van der Waals surface area contributed by atoms with Crippen LogP contribution in [0.3, 0.4) is 0 Å². The van der Waals surface area contributed by atoms with E-state index in [1.165, 1.54) is 51.7 Å². The molecule has 2 fully saturated rings. The predicted molar refractivity (Wildman–Crippen MR) is 78.9 cm³/mol. The molecule has 0 bridgehead atoms.